The Kier molecular flexibility index (Phi) is 3.90. The van der Waals surface area contributed by atoms with Crippen molar-refractivity contribution < 1.29 is 14.4 Å². The van der Waals surface area contributed by atoms with Gasteiger partial charge in [0.25, 0.3) is 0 Å². The number of aromatic nitrogens is 1. The normalized spacial score (nSPS) is 10.9. The molecule has 0 saturated heterocycles. The molecule has 0 radical (unpaired) electrons. The van der Waals surface area contributed by atoms with Crippen molar-refractivity contribution in [1.82, 2.24) is 5.16 Å². The lowest BCUT2D eigenvalue weighted by atomic mass is 10.0. The van der Waals surface area contributed by atoms with Crippen LogP contribution in [0.15, 0.2) is 28.8 Å². The molecule has 1 aromatic heterocycles. The Morgan fingerprint density at radius 2 is 2.21 bits per heavy atom. The lowest BCUT2D eigenvalue weighted by molar-refractivity contribution is 0.0695. The highest BCUT2D eigenvalue weighted by atomic mass is 35.5. The van der Waals surface area contributed by atoms with Gasteiger partial charge in [-0.15, -0.1) is 0 Å². The van der Waals surface area contributed by atoms with Gasteiger partial charge in [0.1, 0.15) is 11.3 Å². The van der Waals surface area contributed by atoms with Crippen molar-refractivity contribution in [3.8, 4) is 11.3 Å². The summed E-state index contributed by atoms with van der Waals surface area (Å²) < 4.78 is 5.19. The zero-order valence-corrected chi connectivity index (χ0v) is 11.4. The summed E-state index contributed by atoms with van der Waals surface area (Å²) in [7, 11) is 0. The third-order valence-electron chi connectivity index (χ3n) is 2.67. The molecule has 0 amide bonds. The number of nitrogens with zero attached hydrogens (tertiary/aromatic N) is 1. The van der Waals surface area contributed by atoms with Gasteiger partial charge in [0.05, 0.1) is 0 Å². The molecule has 1 aromatic carbocycles. The van der Waals surface area contributed by atoms with Gasteiger partial charge in [-0.2, -0.15) is 0 Å². The van der Waals surface area contributed by atoms with E-state index in [9.17, 15) is 9.90 Å². The summed E-state index contributed by atoms with van der Waals surface area (Å²) in [5.74, 6) is -0.345. The average Bonchev–Trinajstić information content (AvgIpc) is 2.71. The third-order valence-corrected chi connectivity index (χ3v) is 2.90. The maximum absolute atomic E-state index is 11.4. The first-order valence-electron chi connectivity index (χ1n) is 5.96. The number of hydrogen-bond donors (Lipinski definition) is 1. The highest BCUT2D eigenvalue weighted by molar-refractivity contribution is 6.30. The minimum atomic E-state index is -1.04. The standard InChI is InChI=1S/C14H14ClNO3/c1-8(2)6-11-12(14(17)18)13(16-19-11)9-4-3-5-10(15)7-9/h3-5,7-8H,6H2,1-2H3,(H,17,18). The number of carboxylic acid groups (broad SMARTS) is 1. The summed E-state index contributed by atoms with van der Waals surface area (Å²) in [4.78, 5) is 11.4. The number of aromatic carboxylic acids is 1. The molecule has 2 aromatic rings. The van der Waals surface area contributed by atoms with E-state index in [1.807, 2.05) is 13.8 Å². The Morgan fingerprint density at radius 3 is 2.79 bits per heavy atom. The molecule has 2 rings (SSSR count). The van der Waals surface area contributed by atoms with Crippen LogP contribution in [0.3, 0.4) is 0 Å². The zero-order valence-electron chi connectivity index (χ0n) is 10.7. The Bertz CT molecular complexity index is 604. The predicted octanol–water partition coefficient (Wildman–Crippen LogP) is 3.89. The van der Waals surface area contributed by atoms with E-state index in [4.69, 9.17) is 16.1 Å². The van der Waals surface area contributed by atoms with Crippen molar-refractivity contribution in [2.45, 2.75) is 20.3 Å². The largest absolute Gasteiger partial charge is 0.477 e. The van der Waals surface area contributed by atoms with Crippen LogP contribution in [0.1, 0.15) is 30.0 Å². The molecular formula is C14H14ClNO3. The van der Waals surface area contributed by atoms with Gasteiger partial charge in [-0.25, -0.2) is 4.79 Å². The Hall–Kier alpha value is -1.81. The number of halogens is 1. The fourth-order valence-corrected chi connectivity index (χ4v) is 2.08. The first kappa shape index (κ1) is 13.6. The monoisotopic (exact) mass is 279 g/mol. The van der Waals surface area contributed by atoms with E-state index in [-0.39, 0.29) is 5.56 Å². The molecule has 0 unspecified atom stereocenters. The first-order valence-corrected chi connectivity index (χ1v) is 6.34. The van der Waals surface area contributed by atoms with E-state index in [2.05, 4.69) is 5.16 Å². The van der Waals surface area contributed by atoms with E-state index in [1.165, 1.54) is 0 Å². The molecule has 0 aliphatic carbocycles. The van der Waals surface area contributed by atoms with Gasteiger partial charge < -0.3 is 9.63 Å². The van der Waals surface area contributed by atoms with E-state index in [0.717, 1.165) is 0 Å². The van der Waals surface area contributed by atoms with Crippen LogP contribution in [0.2, 0.25) is 5.02 Å². The summed E-state index contributed by atoms with van der Waals surface area (Å²) in [6, 6.07) is 6.90. The van der Waals surface area contributed by atoms with Crippen molar-refractivity contribution in [3.05, 3.63) is 40.6 Å². The van der Waals surface area contributed by atoms with E-state index >= 15 is 0 Å². The quantitative estimate of drug-likeness (QED) is 0.922. The lowest BCUT2D eigenvalue weighted by Crippen LogP contribution is -2.04. The van der Waals surface area contributed by atoms with Crippen LogP contribution in [-0.2, 0) is 6.42 Å². The molecule has 0 atom stereocenters. The molecule has 0 bridgehead atoms. The molecule has 0 fully saturated rings. The molecule has 0 saturated carbocycles. The smallest absolute Gasteiger partial charge is 0.341 e. The van der Waals surface area contributed by atoms with Crippen molar-refractivity contribution in [3.63, 3.8) is 0 Å². The van der Waals surface area contributed by atoms with Crippen LogP contribution in [0, 0.1) is 5.92 Å². The van der Waals surface area contributed by atoms with Crippen LogP contribution in [0.25, 0.3) is 11.3 Å². The Morgan fingerprint density at radius 1 is 1.47 bits per heavy atom. The van der Waals surface area contributed by atoms with Gasteiger partial charge in [-0.05, 0) is 18.1 Å². The molecule has 19 heavy (non-hydrogen) atoms. The van der Waals surface area contributed by atoms with E-state index in [0.29, 0.717) is 34.4 Å². The number of rotatable bonds is 4. The van der Waals surface area contributed by atoms with E-state index in [1.54, 1.807) is 24.3 Å². The fraction of sp³-hybridized carbons (Fsp3) is 0.286. The summed E-state index contributed by atoms with van der Waals surface area (Å²) >= 11 is 5.91. The minimum absolute atomic E-state index is 0.121. The van der Waals surface area contributed by atoms with Gasteiger partial charge >= 0.3 is 5.97 Å². The third kappa shape index (κ3) is 2.96. The number of benzene rings is 1. The summed E-state index contributed by atoms with van der Waals surface area (Å²) in [5.41, 5.74) is 1.09. The maximum atomic E-state index is 11.4. The highest BCUT2D eigenvalue weighted by Crippen LogP contribution is 2.28. The molecule has 1 heterocycles. The summed E-state index contributed by atoms with van der Waals surface area (Å²) in [6.07, 6.45) is 0.537. The highest BCUT2D eigenvalue weighted by Gasteiger charge is 2.23. The van der Waals surface area contributed by atoms with Gasteiger partial charge in [-0.3, -0.25) is 0 Å². The molecule has 4 nitrogen and oxygen atoms in total. The molecule has 0 aliphatic heterocycles. The first-order chi connectivity index (χ1) is 8.99. The Labute approximate surface area is 116 Å². The number of carbonyl (C=O) groups is 1. The second-order valence-corrected chi connectivity index (χ2v) is 5.18. The molecule has 100 valence electrons. The molecule has 1 N–H and O–H groups in total. The van der Waals surface area contributed by atoms with Crippen molar-refractivity contribution >= 4 is 17.6 Å². The van der Waals surface area contributed by atoms with Crippen LogP contribution in [0.5, 0.6) is 0 Å². The zero-order chi connectivity index (χ0) is 14.0. The maximum Gasteiger partial charge on any atom is 0.341 e. The summed E-state index contributed by atoms with van der Waals surface area (Å²) in [5, 5.41) is 13.8. The number of hydrogen-bond acceptors (Lipinski definition) is 3. The fourth-order valence-electron chi connectivity index (χ4n) is 1.89. The van der Waals surface area contributed by atoms with Crippen LogP contribution >= 0.6 is 11.6 Å². The van der Waals surface area contributed by atoms with Crippen molar-refractivity contribution in [1.29, 1.82) is 0 Å². The molecule has 5 heteroatoms. The number of carboxylic acids is 1. The molecule has 0 spiro atoms. The van der Waals surface area contributed by atoms with Crippen LogP contribution < -0.4 is 0 Å². The van der Waals surface area contributed by atoms with E-state index < -0.39 is 5.97 Å². The van der Waals surface area contributed by atoms with Crippen LogP contribution in [0.4, 0.5) is 0 Å². The second-order valence-electron chi connectivity index (χ2n) is 4.74. The van der Waals surface area contributed by atoms with Gasteiger partial charge in [0.2, 0.25) is 0 Å². The van der Waals surface area contributed by atoms with Gasteiger partial charge in [-0.1, -0.05) is 42.7 Å². The second kappa shape index (κ2) is 5.45. The lowest BCUT2D eigenvalue weighted by Gasteiger charge is -2.02. The topological polar surface area (TPSA) is 63.3 Å². The summed E-state index contributed by atoms with van der Waals surface area (Å²) in [6.45, 7) is 3.99. The van der Waals surface area contributed by atoms with Gasteiger partial charge in [0.15, 0.2) is 5.76 Å². The molecular weight excluding hydrogens is 266 g/mol. The molecule has 0 aliphatic rings. The SMILES string of the molecule is CC(C)Cc1onc(-c2cccc(Cl)c2)c1C(=O)O. The van der Waals surface area contributed by atoms with Crippen molar-refractivity contribution in [2.24, 2.45) is 5.92 Å². The van der Waals surface area contributed by atoms with Gasteiger partial charge in [0, 0.05) is 17.0 Å². The Balaban J connectivity index is 2.52. The van der Waals surface area contributed by atoms with Crippen LogP contribution in [-0.4, -0.2) is 16.2 Å². The average molecular weight is 280 g/mol. The minimum Gasteiger partial charge on any atom is -0.477 e. The predicted molar refractivity (Wildman–Crippen MR) is 72.5 cm³/mol. The van der Waals surface area contributed by atoms with Crippen molar-refractivity contribution in [2.75, 3.05) is 0 Å².